The van der Waals surface area contributed by atoms with Crippen LogP contribution in [0.2, 0.25) is 0 Å². The molecule has 0 spiro atoms. The normalized spacial score (nSPS) is 14.8. The summed E-state index contributed by atoms with van der Waals surface area (Å²) in [5.41, 5.74) is 2.83. The van der Waals surface area contributed by atoms with Gasteiger partial charge >= 0.3 is 0 Å². The van der Waals surface area contributed by atoms with Crippen molar-refractivity contribution in [3.8, 4) is 11.5 Å². The Morgan fingerprint density at radius 3 is 2.11 bits per heavy atom. The van der Waals surface area contributed by atoms with Gasteiger partial charge in [-0.1, -0.05) is 42.3 Å². The number of nitrogens with zero attached hydrogens (tertiary/aromatic N) is 2. The second-order valence-electron chi connectivity index (χ2n) is 8.54. The lowest BCUT2D eigenvalue weighted by atomic mass is 9.99. The van der Waals surface area contributed by atoms with E-state index in [1.165, 1.54) is 5.30 Å². The summed E-state index contributed by atoms with van der Waals surface area (Å²) in [6.45, 7) is 13.0. The average Bonchev–Trinajstić information content (AvgIpc) is 3.29. The molecule has 192 valence electrons. The Balaban J connectivity index is 0.000000231. The number of ether oxygens (including phenoxy) is 2. The SMILES string of the molecule is CC.COc1cc(C(=O)N2CCC2)ccc1C(C)C.COc1cc(N2CCCC2=O)ccc1PC. The molecule has 2 heterocycles. The van der Waals surface area contributed by atoms with Crippen LogP contribution in [0.25, 0.3) is 0 Å². The minimum atomic E-state index is 0.116. The Morgan fingerprint density at radius 1 is 0.943 bits per heavy atom. The highest BCUT2D eigenvalue weighted by molar-refractivity contribution is 7.46. The van der Waals surface area contributed by atoms with E-state index in [-0.39, 0.29) is 11.8 Å². The zero-order chi connectivity index (χ0) is 26.0. The van der Waals surface area contributed by atoms with Crippen LogP contribution in [-0.2, 0) is 4.79 Å². The number of benzene rings is 2. The first-order valence-corrected chi connectivity index (χ1v) is 14.0. The Bertz CT molecular complexity index is 989. The number of anilines is 1. The predicted molar refractivity (Wildman–Crippen MR) is 147 cm³/mol. The molecule has 0 N–H and O–H groups in total. The highest BCUT2D eigenvalue weighted by Gasteiger charge is 2.23. The summed E-state index contributed by atoms with van der Waals surface area (Å²) in [5, 5.41) is 1.21. The van der Waals surface area contributed by atoms with Crippen molar-refractivity contribution in [2.45, 2.75) is 52.9 Å². The van der Waals surface area contributed by atoms with E-state index in [1.54, 1.807) is 14.2 Å². The summed E-state index contributed by atoms with van der Waals surface area (Å²) >= 11 is 0. The molecule has 0 aliphatic carbocycles. The molecule has 2 fully saturated rings. The minimum Gasteiger partial charge on any atom is -0.496 e. The molecule has 0 radical (unpaired) electrons. The highest BCUT2D eigenvalue weighted by atomic mass is 31.1. The van der Waals surface area contributed by atoms with Gasteiger partial charge in [-0.2, -0.15) is 0 Å². The molecule has 2 aliphatic rings. The standard InChI is InChI=1S/C14H19NO2.C12H16NO2P.C2H6/c1-10(2)12-6-5-11(9-13(12)17-3)14(16)15-7-4-8-15;1-15-10-8-9(5-6-11(10)16-2)13-7-3-4-12(13)14;1-2/h5-6,9-10H,4,7-8H2,1-3H3;5-6,8,16H,3-4,7H2,1-2H3;1-2H3. The van der Waals surface area contributed by atoms with Crippen LogP contribution in [0.15, 0.2) is 36.4 Å². The molecule has 2 aromatic carbocycles. The molecule has 0 bridgehead atoms. The van der Waals surface area contributed by atoms with Crippen LogP contribution in [0.1, 0.15) is 68.8 Å². The molecule has 35 heavy (non-hydrogen) atoms. The van der Waals surface area contributed by atoms with Gasteiger partial charge in [0.05, 0.1) is 14.2 Å². The van der Waals surface area contributed by atoms with Crippen LogP contribution < -0.4 is 19.7 Å². The Morgan fingerprint density at radius 2 is 1.63 bits per heavy atom. The summed E-state index contributed by atoms with van der Waals surface area (Å²) in [7, 11) is 4.03. The molecule has 2 aliphatic heterocycles. The average molecular weight is 501 g/mol. The molecule has 4 rings (SSSR count). The quantitative estimate of drug-likeness (QED) is 0.495. The van der Waals surface area contributed by atoms with Gasteiger partial charge in [-0.05, 0) is 55.3 Å². The van der Waals surface area contributed by atoms with Crippen LogP contribution in [0.5, 0.6) is 11.5 Å². The number of hydrogen-bond acceptors (Lipinski definition) is 4. The number of methoxy groups -OCH3 is 2. The molecule has 1 unspecified atom stereocenters. The smallest absolute Gasteiger partial charge is 0.253 e. The van der Waals surface area contributed by atoms with Crippen LogP contribution in [-0.4, -0.2) is 57.2 Å². The first-order valence-electron chi connectivity index (χ1n) is 12.5. The molecular formula is C28H41N2O4P. The van der Waals surface area contributed by atoms with E-state index in [4.69, 9.17) is 9.47 Å². The molecule has 1 atom stereocenters. The maximum absolute atomic E-state index is 12.0. The summed E-state index contributed by atoms with van der Waals surface area (Å²) in [6, 6.07) is 11.8. The van der Waals surface area contributed by atoms with Crippen molar-refractivity contribution in [1.82, 2.24) is 4.90 Å². The van der Waals surface area contributed by atoms with E-state index in [0.29, 0.717) is 20.9 Å². The van der Waals surface area contributed by atoms with Crippen molar-refractivity contribution < 1.29 is 19.1 Å². The molecule has 2 amide bonds. The monoisotopic (exact) mass is 500 g/mol. The lowest BCUT2D eigenvalue weighted by molar-refractivity contribution is -0.117. The van der Waals surface area contributed by atoms with Gasteiger partial charge in [0, 0.05) is 48.7 Å². The van der Waals surface area contributed by atoms with Crippen molar-refractivity contribution in [2.75, 3.05) is 45.4 Å². The van der Waals surface area contributed by atoms with Gasteiger partial charge in [0.25, 0.3) is 5.91 Å². The fourth-order valence-electron chi connectivity index (χ4n) is 4.00. The second kappa shape index (κ2) is 14.1. The first kappa shape index (κ1) is 28.6. The zero-order valence-electron chi connectivity index (χ0n) is 22.3. The van der Waals surface area contributed by atoms with E-state index in [1.807, 2.05) is 54.0 Å². The van der Waals surface area contributed by atoms with Gasteiger partial charge in [-0.3, -0.25) is 9.59 Å². The number of likely N-dealkylation sites (tertiary alicyclic amines) is 1. The summed E-state index contributed by atoms with van der Waals surface area (Å²) in [5.74, 6) is 2.43. The van der Waals surface area contributed by atoms with Crippen LogP contribution in [0.3, 0.4) is 0 Å². The summed E-state index contributed by atoms with van der Waals surface area (Å²) in [6.07, 6.45) is 2.74. The molecule has 2 aromatic rings. The third-order valence-electron chi connectivity index (χ3n) is 6.09. The predicted octanol–water partition coefficient (Wildman–Crippen LogP) is 5.45. The number of amides is 2. The van der Waals surface area contributed by atoms with E-state index >= 15 is 0 Å². The van der Waals surface area contributed by atoms with Gasteiger partial charge in [-0.15, -0.1) is 0 Å². The van der Waals surface area contributed by atoms with Crippen molar-refractivity contribution in [2.24, 2.45) is 0 Å². The minimum absolute atomic E-state index is 0.116. The van der Waals surface area contributed by atoms with Crippen LogP contribution in [0, 0.1) is 0 Å². The fourth-order valence-corrected chi connectivity index (χ4v) is 4.67. The maximum atomic E-state index is 12.0. The summed E-state index contributed by atoms with van der Waals surface area (Å²) in [4.78, 5) is 27.4. The molecular weight excluding hydrogens is 459 g/mol. The number of rotatable bonds is 6. The second-order valence-corrected chi connectivity index (χ2v) is 9.58. The van der Waals surface area contributed by atoms with Gasteiger partial charge in [-0.25, -0.2) is 0 Å². The molecule has 0 saturated carbocycles. The van der Waals surface area contributed by atoms with Crippen LogP contribution in [0.4, 0.5) is 5.69 Å². The Hall–Kier alpha value is -2.59. The fraction of sp³-hybridized carbons (Fsp3) is 0.500. The van der Waals surface area contributed by atoms with Crippen molar-refractivity contribution in [3.63, 3.8) is 0 Å². The van der Waals surface area contributed by atoms with Gasteiger partial charge < -0.3 is 19.3 Å². The third-order valence-corrected chi connectivity index (χ3v) is 7.04. The lowest BCUT2D eigenvalue weighted by Crippen LogP contribution is -2.42. The Kier molecular flexibility index (Phi) is 11.5. The van der Waals surface area contributed by atoms with Crippen molar-refractivity contribution in [1.29, 1.82) is 0 Å². The highest BCUT2D eigenvalue weighted by Crippen LogP contribution is 2.29. The first-order chi connectivity index (χ1) is 16.9. The topological polar surface area (TPSA) is 59.1 Å². The van der Waals surface area contributed by atoms with Crippen molar-refractivity contribution >= 4 is 31.4 Å². The number of carbonyl (C=O) groups excluding carboxylic acids is 2. The number of carbonyl (C=O) groups is 2. The summed E-state index contributed by atoms with van der Waals surface area (Å²) < 4.78 is 10.7. The van der Waals surface area contributed by atoms with Crippen molar-refractivity contribution in [3.05, 3.63) is 47.5 Å². The molecule has 0 aromatic heterocycles. The number of hydrogen-bond donors (Lipinski definition) is 0. The molecule has 2 saturated heterocycles. The zero-order valence-corrected chi connectivity index (χ0v) is 23.3. The lowest BCUT2D eigenvalue weighted by Gasteiger charge is -2.31. The molecule has 7 heteroatoms. The van der Waals surface area contributed by atoms with E-state index in [2.05, 4.69) is 26.6 Å². The largest absolute Gasteiger partial charge is 0.496 e. The van der Waals surface area contributed by atoms with Gasteiger partial charge in [0.2, 0.25) is 5.91 Å². The third kappa shape index (κ3) is 7.20. The van der Waals surface area contributed by atoms with Gasteiger partial charge in [0.15, 0.2) is 0 Å². The maximum Gasteiger partial charge on any atom is 0.253 e. The Labute approximate surface area is 212 Å². The van der Waals surface area contributed by atoms with Crippen LogP contribution >= 0.6 is 8.58 Å². The van der Waals surface area contributed by atoms with E-state index in [0.717, 1.165) is 60.8 Å². The van der Waals surface area contributed by atoms with E-state index in [9.17, 15) is 9.59 Å². The molecule has 6 nitrogen and oxygen atoms in total. The van der Waals surface area contributed by atoms with Gasteiger partial charge in [0.1, 0.15) is 11.5 Å². The van der Waals surface area contributed by atoms with E-state index < -0.39 is 0 Å².